The van der Waals surface area contributed by atoms with Crippen LogP contribution in [0.5, 0.6) is 0 Å². The third-order valence-corrected chi connectivity index (χ3v) is 4.90. The number of nitrogens with zero attached hydrogens (tertiary/aromatic N) is 2. The van der Waals surface area contributed by atoms with E-state index >= 15 is 0 Å². The van der Waals surface area contributed by atoms with Crippen LogP contribution in [-0.4, -0.2) is 53.8 Å². The van der Waals surface area contributed by atoms with E-state index in [0.29, 0.717) is 32.0 Å². The molecule has 0 saturated carbocycles. The van der Waals surface area contributed by atoms with E-state index in [1.54, 1.807) is 12.1 Å². The Morgan fingerprint density at radius 1 is 1.32 bits per heavy atom. The van der Waals surface area contributed by atoms with Crippen LogP contribution in [0.25, 0.3) is 0 Å². The molecule has 0 aromatic heterocycles. The van der Waals surface area contributed by atoms with Crippen LogP contribution in [0.2, 0.25) is 0 Å². The van der Waals surface area contributed by atoms with E-state index < -0.39 is 4.92 Å². The quantitative estimate of drug-likeness (QED) is 0.317. The van der Waals surface area contributed by atoms with Crippen LogP contribution in [0, 0.1) is 10.1 Å². The largest absolute Gasteiger partial charge is 0.378 e. The third-order valence-electron chi connectivity index (χ3n) is 3.91. The number of benzene rings is 1. The van der Waals surface area contributed by atoms with E-state index in [2.05, 4.69) is 0 Å². The van der Waals surface area contributed by atoms with Crippen LogP contribution in [0.3, 0.4) is 0 Å². The Morgan fingerprint density at radius 3 is 2.52 bits per heavy atom. The minimum absolute atomic E-state index is 0. The summed E-state index contributed by atoms with van der Waals surface area (Å²) in [5.41, 5.74) is 5.50. The second-order valence-corrected chi connectivity index (χ2v) is 6.68. The lowest BCUT2D eigenvalue weighted by Gasteiger charge is -2.32. The molecule has 0 bridgehead atoms. The summed E-state index contributed by atoms with van der Waals surface area (Å²) < 4.78 is 5.73. The zero-order valence-electron chi connectivity index (χ0n) is 14.0. The topological polar surface area (TPSA) is 98.7 Å². The van der Waals surface area contributed by atoms with E-state index in [4.69, 9.17) is 10.5 Å². The monoisotopic (exact) mass is 389 g/mol. The first-order valence-corrected chi connectivity index (χ1v) is 9.05. The summed E-state index contributed by atoms with van der Waals surface area (Å²) in [6, 6.07) is 6.26. The molecule has 0 atom stereocenters. The maximum absolute atomic E-state index is 12.3. The molecule has 1 aliphatic heterocycles. The molecule has 9 heteroatoms. The van der Waals surface area contributed by atoms with Gasteiger partial charge < -0.3 is 15.4 Å². The second kappa shape index (κ2) is 11.3. The lowest BCUT2D eigenvalue weighted by Crippen LogP contribution is -2.41. The number of carbonyl (C=O) groups is 1. The minimum Gasteiger partial charge on any atom is -0.378 e. The van der Waals surface area contributed by atoms with E-state index in [9.17, 15) is 14.9 Å². The van der Waals surface area contributed by atoms with E-state index in [1.807, 2.05) is 4.90 Å². The van der Waals surface area contributed by atoms with Crippen molar-refractivity contribution in [3.05, 3.63) is 34.4 Å². The number of nitro groups is 1. The van der Waals surface area contributed by atoms with Gasteiger partial charge in [0, 0.05) is 36.7 Å². The zero-order chi connectivity index (χ0) is 17.4. The fourth-order valence-corrected chi connectivity index (χ4v) is 3.31. The molecule has 0 spiro atoms. The number of thioether (sulfide) groups is 1. The summed E-state index contributed by atoms with van der Waals surface area (Å²) in [6.45, 7) is 2.75. The Hall–Kier alpha value is -1.35. The number of piperidine rings is 1. The van der Waals surface area contributed by atoms with Crippen molar-refractivity contribution in [3.8, 4) is 0 Å². The normalized spacial score (nSPS) is 14.8. The molecular weight excluding hydrogens is 366 g/mol. The van der Waals surface area contributed by atoms with Crippen LogP contribution in [-0.2, 0) is 9.53 Å². The molecule has 2 N–H and O–H groups in total. The highest BCUT2D eigenvalue weighted by Gasteiger charge is 2.23. The molecule has 1 amide bonds. The molecule has 1 aromatic rings. The molecule has 25 heavy (non-hydrogen) atoms. The number of hydrogen-bond donors (Lipinski definition) is 1. The first-order chi connectivity index (χ1) is 11.6. The Labute approximate surface area is 157 Å². The number of non-ortho nitro benzene ring substituents is 1. The highest BCUT2D eigenvalue weighted by atomic mass is 35.5. The van der Waals surface area contributed by atoms with Crippen molar-refractivity contribution in [2.45, 2.75) is 30.3 Å². The Morgan fingerprint density at radius 2 is 1.96 bits per heavy atom. The molecule has 0 unspecified atom stereocenters. The lowest BCUT2D eigenvalue weighted by atomic mass is 10.1. The molecule has 0 aliphatic carbocycles. The lowest BCUT2D eigenvalue weighted by molar-refractivity contribution is -0.384. The van der Waals surface area contributed by atoms with E-state index in [-0.39, 0.29) is 30.1 Å². The van der Waals surface area contributed by atoms with Gasteiger partial charge in [-0.3, -0.25) is 14.9 Å². The number of rotatable bonds is 8. The average molecular weight is 390 g/mol. The van der Waals surface area contributed by atoms with Gasteiger partial charge in [-0.1, -0.05) is 0 Å². The Kier molecular flexibility index (Phi) is 9.81. The molecule has 140 valence electrons. The Balaban J connectivity index is 0.00000312. The molecule has 1 fully saturated rings. The first-order valence-electron chi connectivity index (χ1n) is 8.07. The van der Waals surface area contributed by atoms with Crippen molar-refractivity contribution in [1.82, 2.24) is 4.90 Å². The van der Waals surface area contributed by atoms with Gasteiger partial charge in [-0.25, -0.2) is 0 Å². The smallest absolute Gasteiger partial charge is 0.269 e. The zero-order valence-corrected chi connectivity index (χ0v) is 15.6. The molecule has 2 rings (SSSR count). The van der Waals surface area contributed by atoms with Gasteiger partial charge in [0.15, 0.2) is 0 Å². The third kappa shape index (κ3) is 7.19. The fourth-order valence-electron chi connectivity index (χ4n) is 2.51. The first kappa shape index (κ1) is 21.7. The van der Waals surface area contributed by atoms with Gasteiger partial charge in [0.05, 0.1) is 16.8 Å². The molecule has 1 aliphatic rings. The summed E-state index contributed by atoms with van der Waals surface area (Å²) >= 11 is 1.40. The van der Waals surface area contributed by atoms with Crippen LogP contribution in [0.1, 0.15) is 19.3 Å². The number of hydrogen-bond acceptors (Lipinski definition) is 6. The van der Waals surface area contributed by atoms with Crippen molar-refractivity contribution in [1.29, 1.82) is 0 Å². The van der Waals surface area contributed by atoms with Gasteiger partial charge >= 0.3 is 0 Å². The van der Waals surface area contributed by atoms with Crippen molar-refractivity contribution in [2.75, 3.05) is 32.0 Å². The van der Waals surface area contributed by atoms with E-state index in [0.717, 1.165) is 24.2 Å². The van der Waals surface area contributed by atoms with Crippen molar-refractivity contribution in [2.24, 2.45) is 5.73 Å². The summed E-state index contributed by atoms with van der Waals surface area (Å²) in [6.07, 6.45) is 2.81. The van der Waals surface area contributed by atoms with Crippen LogP contribution < -0.4 is 5.73 Å². The van der Waals surface area contributed by atoms with Gasteiger partial charge in [0.1, 0.15) is 0 Å². The van der Waals surface area contributed by atoms with Crippen LogP contribution in [0.4, 0.5) is 5.69 Å². The van der Waals surface area contributed by atoms with Gasteiger partial charge in [-0.2, -0.15) is 0 Å². The fraction of sp³-hybridized carbons (Fsp3) is 0.562. The number of likely N-dealkylation sites (tertiary alicyclic amines) is 1. The standard InChI is InChI=1S/C16H23N3O4S.ClH/c17-8-1-11-23-14-6-9-18(10-7-14)16(20)12-24-15-4-2-13(3-5-15)19(21)22;/h2-5,14H,1,6-12,17H2;1H. The van der Waals surface area contributed by atoms with Gasteiger partial charge in [0.25, 0.3) is 5.69 Å². The summed E-state index contributed by atoms with van der Waals surface area (Å²) in [7, 11) is 0. The van der Waals surface area contributed by atoms with Crippen molar-refractivity contribution < 1.29 is 14.5 Å². The molecular formula is C16H24ClN3O4S. The highest BCUT2D eigenvalue weighted by Crippen LogP contribution is 2.22. The molecule has 1 heterocycles. The predicted molar refractivity (Wildman–Crippen MR) is 100 cm³/mol. The van der Waals surface area contributed by atoms with Crippen LogP contribution >= 0.6 is 24.2 Å². The molecule has 0 radical (unpaired) electrons. The number of ether oxygens (including phenoxy) is 1. The summed E-state index contributed by atoms with van der Waals surface area (Å²) in [5.74, 6) is 0.440. The van der Waals surface area contributed by atoms with Crippen molar-refractivity contribution >= 4 is 35.8 Å². The van der Waals surface area contributed by atoms with Gasteiger partial charge in [0.2, 0.25) is 5.91 Å². The summed E-state index contributed by atoms with van der Waals surface area (Å²) in [5, 5.41) is 10.6. The second-order valence-electron chi connectivity index (χ2n) is 5.63. The number of halogens is 1. The number of carbonyl (C=O) groups excluding carboxylic acids is 1. The minimum atomic E-state index is -0.431. The summed E-state index contributed by atoms with van der Waals surface area (Å²) in [4.78, 5) is 25.2. The SMILES string of the molecule is Cl.NCCCOC1CCN(C(=O)CSc2ccc([N+](=O)[O-])cc2)CC1. The molecule has 7 nitrogen and oxygen atoms in total. The van der Waals surface area contributed by atoms with Crippen molar-refractivity contribution in [3.63, 3.8) is 0 Å². The maximum atomic E-state index is 12.3. The highest BCUT2D eigenvalue weighted by molar-refractivity contribution is 8.00. The van der Waals surface area contributed by atoms with Gasteiger partial charge in [-0.05, 0) is 37.9 Å². The van der Waals surface area contributed by atoms with Crippen LogP contribution in [0.15, 0.2) is 29.2 Å². The predicted octanol–water partition coefficient (Wildman–Crippen LogP) is 2.47. The van der Waals surface area contributed by atoms with Gasteiger partial charge in [-0.15, -0.1) is 24.2 Å². The molecule has 1 aromatic carbocycles. The number of amides is 1. The molecule has 1 saturated heterocycles. The van der Waals surface area contributed by atoms with E-state index in [1.165, 1.54) is 23.9 Å². The number of nitrogens with two attached hydrogens (primary N) is 1. The number of nitro benzene ring substituents is 1. The Bertz CT molecular complexity index is 551. The maximum Gasteiger partial charge on any atom is 0.269 e. The average Bonchev–Trinajstić information content (AvgIpc) is 2.61.